The first-order chi connectivity index (χ1) is 6.97. The van der Waals surface area contributed by atoms with E-state index in [4.69, 9.17) is 0 Å². The fraction of sp³-hybridized carbons (Fsp3) is 0.222. The summed E-state index contributed by atoms with van der Waals surface area (Å²) in [6.07, 6.45) is 0. The van der Waals surface area contributed by atoms with Gasteiger partial charge in [-0.3, -0.25) is 4.68 Å². The number of hydrogen-bond acceptors (Lipinski definition) is 3. The van der Waals surface area contributed by atoms with Crippen molar-refractivity contribution in [2.75, 3.05) is 0 Å². The van der Waals surface area contributed by atoms with Gasteiger partial charge in [0.2, 0.25) is 0 Å². The van der Waals surface area contributed by atoms with Crippen molar-refractivity contribution in [3.05, 3.63) is 30.0 Å². The second kappa shape index (κ2) is 3.30. The van der Waals surface area contributed by atoms with Crippen LogP contribution in [0.2, 0.25) is 0 Å². The molecule has 15 heavy (non-hydrogen) atoms. The number of benzene rings is 1. The van der Waals surface area contributed by atoms with Gasteiger partial charge in [-0.25, -0.2) is 0 Å². The standard InChI is InChI=1S/C9H9FN2O2S/c1-12-9(6-15(10,13)14)7-4-2-3-5-8(7)11-12/h2-5H,6H2,1H3. The molecule has 0 saturated heterocycles. The van der Waals surface area contributed by atoms with E-state index in [0.29, 0.717) is 16.6 Å². The van der Waals surface area contributed by atoms with Crippen molar-refractivity contribution < 1.29 is 12.3 Å². The maximum atomic E-state index is 12.6. The summed E-state index contributed by atoms with van der Waals surface area (Å²) in [5.74, 6) is -0.635. The quantitative estimate of drug-likeness (QED) is 0.729. The lowest BCUT2D eigenvalue weighted by atomic mass is 10.2. The van der Waals surface area contributed by atoms with E-state index in [1.165, 1.54) is 4.68 Å². The first-order valence-electron chi connectivity index (χ1n) is 4.30. The Hall–Kier alpha value is -1.43. The Morgan fingerprint density at radius 2 is 2.07 bits per heavy atom. The number of aryl methyl sites for hydroxylation is 1. The summed E-state index contributed by atoms with van der Waals surface area (Å²) < 4.78 is 35.2. The Kier molecular flexibility index (Phi) is 2.22. The van der Waals surface area contributed by atoms with Crippen LogP contribution in [-0.2, 0) is 23.0 Å². The Morgan fingerprint density at radius 3 is 2.73 bits per heavy atom. The average molecular weight is 228 g/mol. The van der Waals surface area contributed by atoms with Gasteiger partial charge in [-0.1, -0.05) is 18.2 Å². The van der Waals surface area contributed by atoms with Gasteiger partial charge in [0.05, 0.1) is 11.2 Å². The van der Waals surface area contributed by atoms with E-state index in [1.54, 1.807) is 31.3 Å². The van der Waals surface area contributed by atoms with E-state index in [1.807, 2.05) is 0 Å². The zero-order valence-electron chi connectivity index (χ0n) is 8.01. The van der Waals surface area contributed by atoms with Crippen molar-refractivity contribution in [3.63, 3.8) is 0 Å². The molecule has 0 amide bonds. The molecular weight excluding hydrogens is 219 g/mol. The molecule has 80 valence electrons. The third-order valence-corrected chi connectivity index (χ3v) is 2.79. The Morgan fingerprint density at radius 1 is 1.40 bits per heavy atom. The van der Waals surface area contributed by atoms with Crippen molar-refractivity contribution >= 4 is 21.1 Å². The summed E-state index contributed by atoms with van der Waals surface area (Å²) in [6, 6.07) is 7.04. The molecule has 6 heteroatoms. The van der Waals surface area contributed by atoms with Gasteiger partial charge in [0, 0.05) is 12.4 Å². The van der Waals surface area contributed by atoms with E-state index < -0.39 is 16.0 Å². The van der Waals surface area contributed by atoms with Gasteiger partial charge in [-0.2, -0.15) is 13.5 Å². The lowest BCUT2D eigenvalue weighted by Gasteiger charge is -1.97. The molecular formula is C9H9FN2O2S. The summed E-state index contributed by atoms with van der Waals surface area (Å²) in [5, 5.41) is 4.75. The molecule has 0 fully saturated rings. The van der Waals surface area contributed by atoms with Gasteiger partial charge in [0.25, 0.3) is 0 Å². The van der Waals surface area contributed by atoms with Crippen LogP contribution in [-0.4, -0.2) is 18.2 Å². The lowest BCUT2D eigenvalue weighted by Crippen LogP contribution is -2.03. The van der Waals surface area contributed by atoms with Gasteiger partial charge < -0.3 is 0 Å². The third kappa shape index (κ3) is 1.99. The highest BCUT2D eigenvalue weighted by atomic mass is 32.3. The maximum Gasteiger partial charge on any atom is 0.308 e. The first kappa shape index (κ1) is 10.1. The fourth-order valence-electron chi connectivity index (χ4n) is 1.54. The summed E-state index contributed by atoms with van der Waals surface area (Å²) >= 11 is 0. The summed E-state index contributed by atoms with van der Waals surface area (Å²) in [5.41, 5.74) is 1.03. The molecule has 0 bridgehead atoms. The van der Waals surface area contributed by atoms with Crippen LogP contribution >= 0.6 is 0 Å². The highest BCUT2D eigenvalue weighted by molar-refractivity contribution is 7.85. The van der Waals surface area contributed by atoms with Crippen LogP contribution in [0.3, 0.4) is 0 Å². The molecule has 2 aromatic rings. The van der Waals surface area contributed by atoms with Crippen LogP contribution in [0, 0.1) is 0 Å². The van der Waals surface area contributed by atoms with Crippen molar-refractivity contribution in [1.29, 1.82) is 0 Å². The molecule has 0 radical (unpaired) electrons. The van der Waals surface area contributed by atoms with Gasteiger partial charge in [-0.05, 0) is 6.07 Å². The highest BCUT2D eigenvalue weighted by Crippen LogP contribution is 2.19. The molecule has 1 aromatic heterocycles. The minimum Gasteiger partial charge on any atom is -0.270 e. The molecule has 0 aliphatic rings. The smallest absolute Gasteiger partial charge is 0.270 e. The largest absolute Gasteiger partial charge is 0.308 e. The third-order valence-electron chi connectivity index (χ3n) is 2.17. The second-order valence-corrected chi connectivity index (χ2v) is 4.64. The van der Waals surface area contributed by atoms with Crippen molar-refractivity contribution in [2.45, 2.75) is 5.75 Å². The van der Waals surface area contributed by atoms with E-state index in [-0.39, 0.29) is 0 Å². The minimum absolute atomic E-state index is 0.369. The van der Waals surface area contributed by atoms with E-state index >= 15 is 0 Å². The van der Waals surface area contributed by atoms with Crippen molar-refractivity contribution in [1.82, 2.24) is 9.78 Å². The predicted molar refractivity (Wildman–Crippen MR) is 54.4 cm³/mol. The SMILES string of the molecule is Cn1nc2ccccc2c1CS(=O)(=O)F. The monoisotopic (exact) mass is 228 g/mol. The fourth-order valence-corrected chi connectivity index (χ4v) is 2.20. The van der Waals surface area contributed by atoms with Crippen LogP contribution in [0.15, 0.2) is 24.3 Å². The van der Waals surface area contributed by atoms with Crippen LogP contribution in [0.1, 0.15) is 5.69 Å². The predicted octanol–water partition coefficient (Wildman–Crippen LogP) is 1.37. The number of aromatic nitrogens is 2. The van der Waals surface area contributed by atoms with Crippen LogP contribution in [0.4, 0.5) is 3.89 Å². The first-order valence-corrected chi connectivity index (χ1v) is 5.85. The molecule has 0 N–H and O–H groups in total. The molecule has 0 atom stereocenters. The summed E-state index contributed by atoms with van der Waals surface area (Å²) in [6.45, 7) is 0. The highest BCUT2D eigenvalue weighted by Gasteiger charge is 2.16. The zero-order chi connectivity index (χ0) is 11.1. The second-order valence-electron chi connectivity index (χ2n) is 3.27. The molecule has 0 saturated carbocycles. The molecule has 4 nitrogen and oxygen atoms in total. The van der Waals surface area contributed by atoms with E-state index in [0.717, 1.165) is 0 Å². The molecule has 0 aliphatic carbocycles. The zero-order valence-corrected chi connectivity index (χ0v) is 8.83. The van der Waals surface area contributed by atoms with Gasteiger partial charge in [-0.15, -0.1) is 3.89 Å². The van der Waals surface area contributed by atoms with E-state index in [2.05, 4.69) is 5.10 Å². The van der Waals surface area contributed by atoms with E-state index in [9.17, 15) is 12.3 Å². The number of halogens is 1. The molecule has 0 unspecified atom stereocenters. The lowest BCUT2D eigenvalue weighted by molar-refractivity contribution is 0.548. The number of fused-ring (bicyclic) bond motifs is 1. The summed E-state index contributed by atoms with van der Waals surface area (Å²) in [4.78, 5) is 0. The number of hydrogen-bond donors (Lipinski definition) is 0. The Bertz CT molecular complexity index is 604. The van der Waals surface area contributed by atoms with Crippen LogP contribution < -0.4 is 0 Å². The molecule has 2 rings (SSSR count). The van der Waals surface area contributed by atoms with Gasteiger partial charge >= 0.3 is 10.2 Å². The van der Waals surface area contributed by atoms with Crippen molar-refractivity contribution in [2.24, 2.45) is 7.05 Å². The summed E-state index contributed by atoms with van der Waals surface area (Å²) in [7, 11) is -2.92. The molecule has 1 aromatic carbocycles. The van der Waals surface area contributed by atoms with Crippen molar-refractivity contribution in [3.8, 4) is 0 Å². The van der Waals surface area contributed by atoms with Crippen LogP contribution in [0.5, 0.6) is 0 Å². The van der Waals surface area contributed by atoms with Gasteiger partial charge in [0.1, 0.15) is 5.75 Å². The average Bonchev–Trinajstić information content (AvgIpc) is 2.41. The maximum absolute atomic E-state index is 12.6. The molecule has 0 aliphatic heterocycles. The number of rotatable bonds is 2. The Balaban J connectivity index is 2.64. The molecule has 1 heterocycles. The Labute approximate surface area is 86.5 Å². The normalized spacial score (nSPS) is 12.1. The molecule has 0 spiro atoms. The topological polar surface area (TPSA) is 52.0 Å². The van der Waals surface area contributed by atoms with Gasteiger partial charge in [0.15, 0.2) is 0 Å². The van der Waals surface area contributed by atoms with Crippen LogP contribution in [0.25, 0.3) is 10.9 Å². The minimum atomic E-state index is -4.52. The number of nitrogens with zero attached hydrogens (tertiary/aromatic N) is 2.